The molecule has 1 aromatic rings. The van der Waals surface area contributed by atoms with Crippen molar-refractivity contribution < 1.29 is 9.90 Å². The minimum atomic E-state index is -0.379. The van der Waals surface area contributed by atoms with Crippen LogP contribution in [0, 0.1) is 11.3 Å². The molecule has 2 saturated heterocycles. The normalized spacial score (nSPS) is 24.6. The molecule has 1 saturated carbocycles. The number of nitrogens with one attached hydrogen (secondary N) is 1. The summed E-state index contributed by atoms with van der Waals surface area (Å²) in [5, 5.41) is 15.7. The average molecular weight is 378 g/mol. The quantitative estimate of drug-likeness (QED) is 0.801. The molecular weight excluding hydrogens is 346 g/mol. The molecule has 2 aliphatic heterocycles. The number of piperidine rings is 1. The number of amides is 2. The molecule has 6 heteroatoms. The summed E-state index contributed by atoms with van der Waals surface area (Å²) in [6, 6.07) is 4.08. The number of hydrogen-bond donors (Lipinski definition) is 2. The minimum absolute atomic E-state index is 0.0850. The molecule has 1 atom stereocenters. The minimum Gasteiger partial charge on any atom is -0.387 e. The molecule has 2 N–H and O–H groups in total. The summed E-state index contributed by atoms with van der Waals surface area (Å²) in [6.07, 6.45) is 6.54. The third-order valence-corrected chi connectivity index (χ3v) is 7.38. The van der Waals surface area contributed by atoms with Crippen molar-refractivity contribution in [2.75, 3.05) is 39.3 Å². The Morgan fingerprint density at radius 3 is 2.62 bits per heavy atom. The Bertz CT molecular complexity index is 588. The third kappa shape index (κ3) is 4.24. The number of hydrogen-bond acceptors (Lipinski definition) is 4. The Kier molecular flexibility index (Phi) is 5.53. The zero-order valence-electron chi connectivity index (χ0n) is 15.5. The highest BCUT2D eigenvalue weighted by molar-refractivity contribution is 7.10. The predicted molar refractivity (Wildman–Crippen MR) is 104 cm³/mol. The maximum atomic E-state index is 12.6. The summed E-state index contributed by atoms with van der Waals surface area (Å²) >= 11 is 1.62. The van der Waals surface area contributed by atoms with Crippen LogP contribution in [0.1, 0.15) is 49.5 Å². The highest BCUT2D eigenvalue weighted by atomic mass is 32.1. The van der Waals surface area contributed by atoms with E-state index in [1.807, 2.05) is 22.4 Å². The lowest BCUT2D eigenvalue weighted by molar-refractivity contribution is 0.0687. The van der Waals surface area contributed by atoms with Crippen molar-refractivity contribution in [1.29, 1.82) is 0 Å². The molecule has 1 aromatic heterocycles. The van der Waals surface area contributed by atoms with Crippen LogP contribution in [0.2, 0.25) is 0 Å². The third-order valence-electron chi connectivity index (χ3n) is 6.44. The molecule has 3 fully saturated rings. The molecule has 4 rings (SSSR count). The zero-order chi connectivity index (χ0) is 18.0. The summed E-state index contributed by atoms with van der Waals surface area (Å²) in [6.45, 7) is 5.93. The molecular formula is C20H31N3O2S. The molecule has 1 aliphatic carbocycles. The summed E-state index contributed by atoms with van der Waals surface area (Å²) in [4.78, 5) is 18.1. The second kappa shape index (κ2) is 7.87. The number of nitrogens with zero attached hydrogens (tertiary/aromatic N) is 2. The molecule has 0 aromatic carbocycles. The Balaban J connectivity index is 1.20. The van der Waals surface area contributed by atoms with Gasteiger partial charge in [-0.3, -0.25) is 0 Å². The van der Waals surface area contributed by atoms with Crippen LogP contribution in [0.4, 0.5) is 4.79 Å². The number of carbonyl (C=O) groups is 1. The van der Waals surface area contributed by atoms with E-state index in [4.69, 9.17) is 0 Å². The lowest BCUT2D eigenvalue weighted by Crippen LogP contribution is -2.47. The van der Waals surface area contributed by atoms with Crippen molar-refractivity contribution in [2.45, 2.75) is 44.6 Å². The molecule has 5 nitrogen and oxygen atoms in total. The standard InChI is InChI=1S/C20H31N3O2S/c24-18(17-4-3-13-26-17)16-5-11-23(12-6-16)19(25)21-14-20(7-8-20)15-22-9-1-2-10-22/h3-4,13,16,18,24H,1-2,5-12,14-15H2,(H,21,25). The Hall–Kier alpha value is -1.11. The van der Waals surface area contributed by atoms with Gasteiger partial charge in [0.1, 0.15) is 0 Å². The molecule has 3 aliphatic rings. The largest absolute Gasteiger partial charge is 0.387 e. The molecule has 144 valence electrons. The van der Waals surface area contributed by atoms with E-state index in [9.17, 15) is 9.90 Å². The van der Waals surface area contributed by atoms with Gasteiger partial charge in [-0.15, -0.1) is 11.3 Å². The van der Waals surface area contributed by atoms with Gasteiger partial charge in [-0.25, -0.2) is 4.79 Å². The Morgan fingerprint density at radius 2 is 2.00 bits per heavy atom. The van der Waals surface area contributed by atoms with E-state index in [1.165, 1.54) is 38.8 Å². The fraction of sp³-hybridized carbons (Fsp3) is 0.750. The van der Waals surface area contributed by atoms with Gasteiger partial charge in [0.15, 0.2) is 0 Å². The van der Waals surface area contributed by atoms with Crippen molar-refractivity contribution >= 4 is 17.4 Å². The van der Waals surface area contributed by atoms with Gasteiger partial charge in [0.2, 0.25) is 0 Å². The molecule has 0 bridgehead atoms. The lowest BCUT2D eigenvalue weighted by atomic mass is 9.90. The van der Waals surface area contributed by atoms with Crippen LogP contribution in [-0.4, -0.2) is 60.2 Å². The van der Waals surface area contributed by atoms with E-state index < -0.39 is 0 Å². The average Bonchev–Trinajstić information content (AvgIpc) is 3.08. The van der Waals surface area contributed by atoms with Gasteiger partial charge in [0.05, 0.1) is 6.10 Å². The van der Waals surface area contributed by atoms with Crippen molar-refractivity contribution in [1.82, 2.24) is 15.1 Å². The van der Waals surface area contributed by atoms with E-state index in [0.29, 0.717) is 5.41 Å². The first-order valence-electron chi connectivity index (χ1n) is 10.1. The van der Waals surface area contributed by atoms with Crippen LogP contribution >= 0.6 is 11.3 Å². The van der Waals surface area contributed by atoms with E-state index in [-0.39, 0.29) is 18.1 Å². The fourth-order valence-electron chi connectivity index (χ4n) is 4.47. The number of urea groups is 1. The van der Waals surface area contributed by atoms with Gasteiger partial charge in [-0.1, -0.05) is 6.07 Å². The SMILES string of the molecule is O=C(NCC1(CN2CCCC2)CC1)N1CCC(C(O)c2cccs2)CC1. The smallest absolute Gasteiger partial charge is 0.317 e. The zero-order valence-corrected chi connectivity index (χ0v) is 16.3. The number of aliphatic hydroxyl groups excluding tert-OH is 1. The van der Waals surface area contributed by atoms with Gasteiger partial charge in [-0.05, 0) is 69.0 Å². The lowest BCUT2D eigenvalue weighted by Gasteiger charge is -2.34. The molecule has 1 unspecified atom stereocenters. The van der Waals surface area contributed by atoms with Gasteiger partial charge in [0.25, 0.3) is 0 Å². The van der Waals surface area contributed by atoms with Crippen LogP contribution in [0.15, 0.2) is 17.5 Å². The van der Waals surface area contributed by atoms with Crippen molar-refractivity contribution in [3.05, 3.63) is 22.4 Å². The van der Waals surface area contributed by atoms with E-state index in [0.717, 1.165) is 43.9 Å². The van der Waals surface area contributed by atoms with Crippen LogP contribution in [-0.2, 0) is 0 Å². The van der Waals surface area contributed by atoms with Crippen LogP contribution in [0.25, 0.3) is 0 Å². The topological polar surface area (TPSA) is 55.8 Å². The number of thiophene rings is 1. The molecule has 3 heterocycles. The van der Waals surface area contributed by atoms with Gasteiger partial charge >= 0.3 is 6.03 Å². The molecule has 2 amide bonds. The summed E-state index contributed by atoms with van der Waals surface area (Å²) in [7, 11) is 0. The number of likely N-dealkylation sites (tertiary alicyclic amines) is 2. The number of aliphatic hydroxyl groups is 1. The fourth-order valence-corrected chi connectivity index (χ4v) is 5.27. The van der Waals surface area contributed by atoms with Crippen molar-refractivity contribution in [3.8, 4) is 0 Å². The van der Waals surface area contributed by atoms with Crippen LogP contribution < -0.4 is 5.32 Å². The predicted octanol–water partition coefficient (Wildman–Crippen LogP) is 3.08. The van der Waals surface area contributed by atoms with E-state index >= 15 is 0 Å². The molecule has 0 spiro atoms. The van der Waals surface area contributed by atoms with Gasteiger partial charge in [-0.2, -0.15) is 0 Å². The second-order valence-electron chi connectivity index (χ2n) is 8.43. The van der Waals surface area contributed by atoms with Gasteiger partial charge < -0.3 is 20.2 Å². The van der Waals surface area contributed by atoms with Crippen molar-refractivity contribution in [3.63, 3.8) is 0 Å². The summed E-state index contributed by atoms with van der Waals surface area (Å²) in [5.74, 6) is 0.266. The first kappa shape index (κ1) is 18.3. The van der Waals surface area contributed by atoms with Crippen molar-refractivity contribution in [2.24, 2.45) is 11.3 Å². The Labute approximate surface area is 160 Å². The maximum absolute atomic E-state index is 12.6. The van der Waals surface area contributed by atoms with E-state index in [1.54, 1.807) is 11.3 Å². The van der Waals surface area contributed by atoms with Crippen LogP contribution in [0.3, 0.4) is 0 Å². The maximum Gasteiger partial charge on any atom is 0.317 e. The monoisotopic (exact) mass is 377 g/mol. The first-order valence-corrected chi connectivity index (χ1v) is 11.0. The second-order valence-corrected chi connectivity index (χ2v) is 9.41. The Morgan fingerprint density at radius 1 is 1.27 bits per heavy atom. The summed E-state index contributed by atoms with van der Waals surface area (Å²) in [5.41, 5.74) is 0.341. The highest BCUT2D eigenvalue weighted by Gasteiger charge is 2.44. The first-order chi connectivity index (χ1) is 12.7. The number of carbonyl (C=O) groups excluding carboxylic acids is 1. The summed E-state index contributed by atoms with van der Waals surface area (Å²) < 4.78 is 0. The van der Waals surface area contributed by atoms with Gasteiger partial charge in [0, 0.05) is 36.5 Å². The molecule has 26 heavy (non-hydrogen) atoms. The van der Waals surface area contributed by atoms with E-state index in [2.05, 4.69) is 10.2 Å². The highest BCUT2D eigenvalue weighted by Crippen LogP contribution is 2.46. The number of rotatable bonds is 6. The van der Waals surface area contributed by atoms with Crippen LogP contribution in [0.5, 0.6) is 0 Å². The molecule has 0 radical (unpaired) electrons.